The molecule has 25 heavy (non-hydrogen) atoms. The summed E-state index contributed by atoms with van der Waals surface area (Å²) in [7, 11) is 0. The fourth-order valence-corrected chi connectivity index (χ4v) is 2.54. The zero-order chi connectivity index (χ0) is 17.8. The number of halogens is 3. The third kappa shape index (κ3) is 4.30. The first-order valence-electron chi connectivity index (χ1n) is 7.77. The van der Waals surface area contributed by atoms with Gasteiger partial charge in [-0.15, -0.1) is 0 Å². The van der Waals surface area contributed by atoms with E-state index in [1.54, 1.807) is 4.90 Å². The van der Waals surface area contributed by atoms with Crippen molar-refractivity contribution in [1.29, 1.82) is 0 Å². The Morgan fingerprint density at radius 1 is 1.12 bits per heavy atom. The summed E-state index contributed by atoms with van der Waals surface area (Å²) in [5, 5.41) is 0. The van der Waals surface area contributed by atoms with E-state index < -0.39 is 23.6 Å². The van der Waals surface area contributed by atoms with Gasteiger partial charge in [0.25, 0.3) is 5.91 Å². The average molecular weight is 351 g/mol. The summed E-state index contributed by atoms with van der Waals surface area (Å²) in [5.41, 5.74) is 0.392. The summed E-state index contributed by atoms with van der Waals surface area (Å²) in [6.07, 6.45) is -0.397. The zero-order valence-electron chi connectivity index (χ0n) is 13.3. The van der Waals surface area contributed by atoms with Gasteiger partial charge in [0.1, 0.15) is 24.3 Å². The van der Waals surface area contributed by atoms with Crippen LogP contribution in [-0.4, -0.2) is 43.2 Å². The van der Waals surface area contributed by atoms with Crippen LogP contribution in [0.4, 0.5) is 13.2 Å². The maximum Gasteiger partial charge on any atom is 0.254 e. The second-order valence-electron chi connectivity index (χ2n) is 5.64. The zero-order valence-corrected chi connectivity index (χ0v) is 13.3. The lowest BCUT2D eigenvalue weighted by Gasteiger charge is -2.33. The van der Waals surface area contributed by atoms with Crippen LogP contribution in [0.25, 0.3) is 0 Å². The number of rotatable bonds is 4. The van der Waals surface area contributed by atoms with Crippen LogP contribution in [0.5, 0.6) is 5.75 Å². The monoisotopic (exact) mass is 351 g/mol. The number of hydrogen-bond acceptors (Lipinski definition) is 3. The number of amides is 1. The van der Waals surface area contributed by atoms with E-state index >= 15 is 0 Å². The highest BCUT2D eigenvalue weighted by Crippen LogP contribution is 2.17. The molecule has 0 spiro atoms. The molecule has 0 N–H and O–H groups in total. The molecule has 0 saturated carbocycles. The number of morpholine rings is 1. The summed E-state index contributed by atoms with van der Waals surface area (Å²) in [6, 6.07) is 8.59. The number of carbonyl (C=O) groups excluding carboxylic acids is 1. The molecule has 2 aromatic carbocycles. The molecule has 1 unspecified atom stereocenters. The topological polar surface area (TPSA) is 38.8 Å². The smallest absolute Gasteiger partial charge is 0.254 e. The van der Waals surface area contributed by atoms with Crippen molar-refractivity contribution in [1.82, 2.24) is 4.90 Å². The van der Waals surface area contributed by atoms with Gasteiger partial charge in [-0.05, 0) is 36.4 Å². The van der Waals surface area contributed by atoms with Crippen LogP contribution in [-0.2, 0) is 4.74 Å². The van der Waals surface area contributed by atoms with Crippen LogP contribution in [0.1, 0.15) is 10.4 Å². The molecule has 0 radical (unpaired) electrons. The van der Waals surface area contributed by atoms with Gasteiger partial charge in [0.2, 0.25) is 0 Å². The molecular formula is C18H16F3NO3. The van der Waals surface area contributed by atoms with Crippen molar-refractivity contribution in [2.75, 3.05) is 26.3 Å². The van der Waals surface area contributed by atoms with Gasteiger partial charge < -0.3 is 14.4 Å². The molecular weight excluding hydrogens is 335 g/mol. The van der Waals surface area contributed by atoms with Crippen molar-refractivity contribution in [3.8, 4) is 5.75 Å². The average Bonchev–Trinajstić information content (AvgIpc) is 2.63. The first kappa shape index (κ1) is 17.3. The fourth-order valence-electron chi connectivity index (χ4n) is 2.54. The van der Waals surface area contributed by atoms with Gasteiger partial charge >= 0.3 is 0 Å². The first-order chi connectivity index (χ1) is 12.0. The lowest BCUT2D eigenvalue weighted by atomic mass is 10.1. The van der Waals surface area contributed by atoms with E-state index in [9.17, 15) is 18.0 Å². The standard InChI is InChI=1S/C18H16F3NO3/c19-13-3-1-12(2-4-13)18(23)22-7-8-24-15(10-22)11-25-14-5-6-16(20)17(21)9-14/h1-6,9,15H,7-8,10-11H2. The van der Waals surface area contributed by atoms with Crippen molar-refractivity contribution in [2.24, 2.45) is 0 Å². The molecule has 0 aliphatic carbocycles. The molecule has 1 atom stereocenters. The van der Waals surface area contributed by atoms with Crippen molar-refractivity contribution in [3.63, 3.8) is 0 Å². The van der Waals surface area contributed by atoms with E-state index in [-0.39, 0.29) is 18.3 Å². The summed E-state index contributed by atoms with van der Waals surface area (Å²) < 4.78 is 50.0. The Hall–Kier alpha value is -2.54. The van der Waals surface area contributed by atoms with Gasteiger partial charge in [-0.25, -0.2) is 13.2 Å². The number of hydrogen-bond donors (Lipinski definition) is 0. The third-order valence-electron chi connectivity index (χ3n) is 3.84. The molecule has 1 aliphatic rings. The third-order valence-corrected chi connectivity index (χ3v) is 3.84. The van der Waals surface area contributed by atoms with Gasteiger partial charge in [0.15, 0.2) is 11.6 Å². The number of ether oxygens (including phenoxy) is 2. The minimum atomic E-state index is -0.991. The van der Waals surface area contributed by atoms with Crippen LogP contribution in [0.15, 0.2) is 42.5 Å². The molecule has 3 rings (SSSR count). The van der Waals surface area contributed by atoms with Crippen LogP contribution in [0.3, 0.4) is 0 Å². The number of carbonyl (C=O) groups is 1. The second kappa shape index (κ2) is 7.57. The van der Waals surface area contributed by atoms with Crippen molar-refractivity contribution in [3.05, 3.63) is 65.5 Å². The van der Waals surface area contributed by atoms with Crippen molar-refractivity contribution >= 4 is 5.91 Å². The van der Waals surface area contributed by atoms with Crippen LogP contribution in [0.2, 0.25) is 0 Å². The van der Waals surface area contributed by atoms with Crippen LogP contribution in [0, 0.1) is 17.5 Å². The second-order valence-corrected chi connectivity index (χ2v) is 5.64. The maximum atomic E-state index is 13.2. The van der Waals surface area contributed by atoms with Crippen LogP contribution >= 0.6 is 0 Å². The van der Waals surface area contributed by atoms with Gasteiger partial charge in [-0.1, -0.05) is 0 Å². The van der Waals surface area contributed by atoms with E-state index in [0.29, 0.717) is 25.3 Å². The Balaban J connectivity index is 1.58. The minimum Gasteiger partial charge on any atom is -0.491 e. The molecule has 1 amide bonds. The SMILES string of the molecule is O=C(c1ccc(F)cc1)N1CCOC(COc2ccc(F)c(F)c2)C1. The summed E-state index contributed by atoms with van der Waals surface area (Å²) >= 11 is 0. The lowest BCUT2D eigenvalue weighted by Crippen LogP contribution is -2.47. The van der Waals surface area contributed by atoms with E-state index in [0.717, 1.165) is 12.1 Å². The fraction of sp³-hybridized carbons (Fsp3) is 0.278. The Morgan fingerprint density at radius 2 is 1.88 bits per heavy atom. The van der Waals surface area contributed by atoms with Gasteiger partial charge in [0.05, 0.1) is 13.2 Å². The molecule has 7 heteroatoms. The Kier molecular flexibility index (Phi) is 5.23. The lowest BCUT2D eigenvalue weighted by molar-refractivity contribution is -0.0401. The molecule has 0 bridgehead atoms. The van der Waals surface area contributed by atoms with E-state index in [1.807, 2.05) is 0 Å². The largest absolute Gasteiger partial charge is 0.491 e. The highest BCUT2D eigenvalue weighted by atomic mass is 19.2. The van der Waals surface area contributed by atoms with E-state index in [2.05, 4.69) is 0 Å². The maximum absolute atomic E-state index is 13.2. The highest BCUT2D eigenvalue weighted by Gasteiger charge is 2.25. The quantitative estimate of drug-likeness (QED) is 0.850. The summed E-state index contributed by atoms with van der Waals surface area (Å²) in [5.74, 6) is -2.38. The van der Waals surface area contributed by atoms with E-state index in [1.165, 1.54) is 30.3 Å². The molecule has 2 aromatic rings. The van der Waals surface area contributed by atoms with Crippen molar-refractivity contribution in [2.45, 2.75) is 6.10 Å². The summed E-state index contributed by atoms with van der Waals surface area (Å²) in [4.78, 5) is 14.0. The van der Waals surface area contributed by atoms with Gasteiger partial charge in [-0.3, -0.25) is 4.79 Å². The highest BCUT2D eigenvalue weighted by molar-refractivity contribution is 5.94. The predicted molar refractivity (Wildman–Crippen MR) is 83.9 cm³/mol. The molecule has 1 aliphatic heterocycles. The molecule has 4 nitrogen and oxygen atoms in total. The Bertz CT molecular complexity index is 752. The van der Waals surface area contributed by atoms with Gasteiger partial charge in [-0.2, -0.15) is 0 Å². The molecule has 0 aromatic heterocycles. The van der Waals surface area contributed by atoms with Crippen LogP contribution < -0.4 is 4.74 Å². The normalized spacial score (nSPS) is 17.4. The Labute approximate surface area is 142 Å². The minimum absolute atomic E-state index is 0.0955. The van der Waals surface area contributed by atoms with Gasteiger partial charge in [0, 0.05) is 18.2 Å². The summed E-state index contributed by atoms with van der Waals surface area (Å²) in [6.45, 7) is 1.13. The molecule has 132 valence electrons. The molecule has 1 saturated heterocycles. The predicted octanol–water partition coefficient (Wildman–Crippen LogP) is 3.02. The van der Waals surface area contributed by atoms with E-state index in [4.69, 9.17) is 9.47 Å². The Morgan fingerprint density at radius 3 is 2.60 bits per heavy atom. The number of nitrogens with zero attached hydrogens (tertiary/aromatic N) is 1. The number of benzene rings is 2. The van der Waals surface area contributed by atoms with Crippen molar-refractivity contribution < 1.29 is 27.4 Å². The molecule has 1 fully saturated rings. The molecule has 1 heterocycles. The first-order valence-corrected chi connectivity index (χ1v) is 7.77.